The van der Waals surface area contributed by atoms with Crippen molar-refractivity contribution in [3.05, 3.63) is 48.2 Å². The predicted molar refractivity (Wildman–Crippen MR) is 96.4 cm³/mol. The highest BCUT2D eigenvalue weighted by Gasteiger charge is 2.25. The molecule has 0 amide bonds. The minimum absolute atomic E-state index is 0.410. The topological polar surface area (TPSA) is 71.2 Å². The molecule has 1 atom stereocenters. The molecular weight excluding hydrogens is 314 g/mol. The van der Waals surface area contributed by atoms with Crippen LogP contribution in [0.4, 0.5) is 5.95 Å². The highest BCUT2D eigenvalue weighted by atomic mass is 15.3. The van der Waals surface area contributed by atoms with Crippen molar-refractivity contribution in [2.75, 3.05) is 25.0 Å². The SMILES string of the molecule is CCNc1ncc(CN2CCC[C@@H](c3nnc4ccccn34)C2)cn1. The summed E-state index contributed by atoms with van der Waals surface area (Å²) < 4.78 is 2.11. The van der Waals surface area contributed by atoms with Crippen LogP contribution in [0.15, 0.2) is 36.8 Å². The van der Waals surface area contributed by atoms with E-state index in [4.69, 9.17) is 0 Å². The van der Waals surface area contributed by atoms with Crippen molar-refractivity contribution in [2.45, 2.75) is 32.2 Å². The quantitative estimate of drug-likeness (QED) is 0.770. The van der Waals surface area contributed by atoms with Crippen LogP contribution in [0.1, 0.15) is 37.1 Å². The van der Waals surface area contributed by atoms with Crippen LogP contribution in [0.2, 0.25) is 0 Å². The molecule has 0 aliphatic carbocycles. The maximum atomic E-state index is 4.45. The maximum Gasteiger partial charge on any atom is 0.222 e. The number of aromatic nitrogens is 5. The number of fused-ring (bicyclic) bond motifs is 1. The van der Waals surface area contributed by atoms with Gasteiger partial charge in [-0.05, 0) is 38.4 Å². The van der Waals surface area contributed by atoms with Gasteiger partial charge in [0.1, 0.15) is 5.82 Å². The maximum absolute atomic E-state index is 4.45. The van der Waals surface area contributed by atoms with Crippen LogP contribution < -0.4 is 5.32 Å². The minimum atomic E-state index is 0.410. The monoisotopic (exact) mass is 337 g/mol. The van der Waals surface area contributed by atoms with E-state index in [-0.39, 0.29) is 0 Å². The second kappa shape index (κ2) is 7.14. The van der Waals surface area contributed by atoms with E-state index in [2.05, 4.69) is 41.0 Å². The molecule has 0 bridgehead atoms. The Morgan fingerprint density at radius 2 is 2.08 bits per heavy atom. The Balaban J connectivity index is 1.45. The molecule has 3 aromatic rings. The van der Waals surface area contributed by atoms with E-state index in [1.807, 2.05) is 37.5 Å². The van der Waals surface area contributed by atoms with E-state index < -0.39 is 0 Å². The molecule has 1 aliphatic rings. The minimum Gasteiger partial charge on any atom is -0.355 e. The van der Waals surface area contributed by atoms with Crippen molar-refractivity contribution in [3.8, 4) is 0 Å². The predicted octanol–water partition coefficient (Wildman–Crippen LogP) is 2.33. The van der Waals surface area contributed by atoms with E-state index in [0.29, 0.717) is 11.9 Å². The van der Waals surface area contributed by atoms with Gasteiger partial charge in [0.2, 0.25) is 5.95 Å². The summed E-state index contributed by atoms with van der Waals surface area (Å²) >= 11 is 0. The molecule has 0 saturated carbocycles. The largest absolute Gasteiger partial charge is 0.355 e. The summed E-state index contributed by atoms with van der Waals surface area (Å²) in [5.74, 6) is 2.17. The van der Waals surface area contributed by atoms with Crippen molar-refractivity contribution in [1.82, 2.24) is 29.5 Å². The smallest absolute Gasteiger partial charge is 0.222 e. The number of hydrogen-bond acceptors (Lipinski definition) is 6. The number of likely N-dealkylation sites (tertiary alicyclic amines) is 1. The molecule has 7 heteroatoms. The number of rotatable bonds is 5. The summed E-state index contributed by atoms with van der Waals surface area (Å²) in [6, 6.07) is 6.03. The van der Waals surface area contributed by atoms with Crippen LogP contribution in [0.3, 0.4) is 0 Å². The van der Waals surface area contributed by atoms with Crippen molar-refractivity contribution >= 4 is 11.6 Å². The van der Waals surface area contributed by atoms with Gasteiger partial charge < -0.3 is 5.32 Å². The molecule has 3 aromatic heterocycles. The van der Waals surface area contributed by atoms with Gasteiger partial charge in [-0.2, -0.15) is 0 Å². The first-order chi connectivity index (χ1) is 12.3. The fourth-order valence-electron chi connectivity index (χ4n) is 3.49. The normalized spacial score (nSPS) is 18.5. The fraction of sp³-hybridized carbons (Fsp3) is 0.444. The zero-order chi connectivity index (χ0) is 17.1. The molecule has 130 valence electrons. The summed E-state index contributed by atoms with van der Waals surface area (Å²) in [6.45, 7) is 5.84. The molecule has 0 unspecified atom stereocenters. The lowest BCUT2D eigenvalue weighted by atomic mass is 9.97. The summed E-state index contributed by atoms with van der Waals surface area (Å²) in [6.07, 6.45) is 8.21. The Morgan fingerprint density at radius 3 is 2.92 bits per heavy atom. The zero-order valence-corrected chi connectivity index (χ0v) is 14.5. The van der Waals surface area contributed by atoms with E-state index in [1.54, 1.807) is 0 Å². The van der Waals surface area contributed by atoms with Crippen molar-refractivity contribution in [3.63, 3.8) is 0 Å². The van der Waals surface area contributed by atoms with Gasteiger partial charge in [0.15, 0.2) is 5.65 Å². The first-order valence-corrected chi connectivity index (χ1v) is 8.90. The van der Waals surface area contributed by atoms with Crippen LogP contribution in [-0.2, 0) is 6.54 Å². The number of piperidine rings is 1. The molecule has 4 heterocycles. The third-order valence-electron chi connectivity index (χ3n) is 4.66. The molecule has 25 heavy (non-hydrogen) atoms. The van der Waals surface area contributed by atoms with Crippen molar-refractivity contribution in [2.24, 2.45) is 0 Å². The molecule has 1 aliphatic heterocycles. The number of nitrogens with zero attached hydrogens (tertiary/aromatic N) is 6. The van der Waals surface area contributed by atoms with Crippen LogP contribution in [-0.4, -0.2) is 49.1 Å². The van der Waals surface area contributed by atoms with Gasteiger partial charge in [-0.1, -0.05) is 6.07 Å². The Bertz CT molecular complexity index is 827. The lowest BCUT2D eigenvalue weighted by molar-refractivity contribution is 0.196. The molecular formula is C18H23N7. The first-order valence-electron chi connectivity index (χ1n) is 8.90. The molecule has 1 N–H and O–H groups in total. The van der Waals surface area contributed by atoms with Gasteiger partial charge in [-0.25, -0.2) is 9.97 Å². The van der Waals surface area contributed by atoms with Gasteiger partial charge in [-0.15, -0.1) is 10.2 Å². The summed E-state index contributed by atoms with van der Waals surface area (Å²) in [4.78, 5) is 11.2. The van der Waals surface area contributed by atoms with Crippen LogP contribution in [0, 0.1) is 0 Å². The van der Waals surface area contributed by atoms with Gasteiger partial charge in [0.25, 0.3) is 0 Å². The molecule has 1 fully saturated rings. The van der Waals surface area contributed by atoms with Crippen LogP contribution in [0.25, 0.3) is 5.65 Å². The standard InChI is InChI=1S/C18H23N7/c1-2-19-18-20-10-14(11-21-18)12-24-8-5-6-15(13-24)17-23-22-16-7-3-4-9-25(16)17/h3-4,7,9-11,15H,2,5-6,8,12-13H2,1H3,(H,19,20,21)/t15-/m1/s1. The molecule has 0 spiro atoms. The highest BCUT2D eigenvalue weighted by molar-refractivity contribution is 5.37. The molecule has 7 nitrogen and oxygen atoms in total. The van der Waals surface area contributed by atoms with E-state index in [9.17, 15) is 0 Å². The third kappa shape index (κ3) is 3.46. The molecule has 4 rings (SSSR count). The number of hydrogen-bond donors (Lipinski definition) is 1. The lowest BCUT2D eigenvalue weighted by Gasteiger charge is -2.31. The average molecular weight is 337 g/mol. The second-order valence-electron chi connectivity index (χ2n) is 6.51. The molecule has 1 saturated heterocycles. The molecule has 0 aromatic carbocycles. The highest BCUT2D eigenvalue weighted by Crippen LogP contribution is 2.26. The summed E-state index contributed by atoms with van der Waals surface area (Å²) in [7, 11) is 0. The second-order valence-corrected chi connectivity index (χ2v) is 6.51. The number of anilines is 1. The number of nitrogens with one attached hydrogen (secondary N) is 1. The van der Waals surface area contributed by atoms with Gasteiger partial charge in [0, 0.05) is 49.7 Å². The Hall–Kier alpha value is -2.54. The van der Waals surface area contributed by atoms with Crippen molar-refractivity contribution in [1.29, 1.82) is 0 Å². The van der Waals surface area contributed by atoms with Gasteiger partial charge in [0.05, 0.1) is 0 Å². The van der Waals surface area contributed by atoms with E-state index in [0.717, 1.165) is 49.6 Å². The van der Waals surface area contributed by atoms with E-state index in [1.165, 1.54) is 6.42 Å². The summed E-state index contributed by atoms with van der Waals surface area (Å²) in [5.41, 5.74) is 2.07. The Kier molecular flexibility index (Phi) is 4.56. The van der Waals surface area contributed by atoms with Gasteiger partial charge in [-0.3, -0.25) is 9.30 Å². The third-order valence-corrected chi connectivity index (χ3v) is 4.66. The van der Waals surface area contributed by atoms with Crippen molar-refractivity contribution < 1.29 is 0 Å². The average Bonchev–Trinajstić information content (AvgIpc) is 3.08. The van der Waals surface area contributed by atoms with Crippen LogP contribution >= 0.6 is 0 Å². The molecule has 0 radical (unpaired) electrons. The summed E-state index contributed by atoms with van der Waals surface area (Å²) in [5, 5.41) is 11.9. The first kappa shape index (κ1) is 16.0. The lowest BCUT2D eigenvalue weighted by Crippen LogP contribution is -2.34. The van der Waals surface area contributed by atoms with Crippen LogP contribution in [0.5, 0.6) is 0 Å². The Labute approximate surface area is 147 Å². The fourth-order valence-corrected chi connectivity index (χ4v) is 3.49. The van der Waals surface area contributed by atoms with Gasteiger partial charge >= 0.3 is 0 Å². The number of pyridine rings is 1. The Morgan fingerprint density at radius 1 is 1.20 bits per heavy atom. The zero-order valence-electron chi connectivity index (χ0n) is 14.5. The van der Waals surface area contributed by atoms with E-state index >= 15 is 0 Å².